The van der Waals surface area contributed by atoms with Crippen molar-refractivity contribution in [2.45, 2.75) is 51.0 Å². The van der Waals surface area contributed by atoms with Gasteiger partial charge in [-0.1, -0.05) is 19.3 Å². The van der Waals surface area contributed by atoms with E-state index in [-0.39, 0.29) is 6.09 Å². The lowest BCUT2D eigenvalue weighted by molar-refractivity contribution is 0.138. The van der Waals surface area contributed by atoms with Crippen LogP contribution in [0.4, 0.5) is 4.79 Å². The number of nitrogens with zero attached hydrogens (tertiary/aromatic N) is 1. The maximum atomic E-state index is 11.5. The number of nitrogens with one attached hydrogen (secondary N) is 2. The third-order valence-corrected chi connectivity index (χ3v) is 3.29. The molecule has 1 aromatic heterocycles. The van der Waals surface area contributed by atoms with Crippen molar-refractivity contribution in [2.75, 3.05) is 6.61 Å². The van der Waals surface area contributed by atoms with E-state index in [4.69, 9.17) is 4.74 Å². The van der Waals surface area contributed by atoms with E-state index in [9.17, 15) is 4.79 Å². The van der Waals surface area contributed by atoms with Crippen molar-refractivity contribution >= 4 is 6.09 Å². The number of carbonyl (C=O) groups excluding carboxylic acids is 1. The van der Waals surface area contributed by atoms with Crippen molar-refractivity contribution in [3.05, 3.63) is 18.2 Å². The Labute approximate surface area is 107 Å². The number of alkyl carbamates (subject to hydrolysis) is 1. The molecule has 0 spiro atoms. The van der Waals surface area contributed by atoms with Gasteiger partial charge in [0.2, 0.25) is 0 Å². The zero-order chi connectivity index (χ0) is 12.6. The summed E-state index contributed by atoms with van der Waals surface area (Å²) in [7, 11) is 0. The number of H-pyrrole nitrogens is 1. The normalized spacial score (nSPS) is 16.4. The smallest absolute Gasteiger partial charge is 0.407 e. The summed E-state index contributed by atoms with van der Waals surface area (Å²) in [5.74, 6) is 0. The van der Waals surface area contributed by atoms with Gasteiger partial charge in [0.05, 0.1) is 18.6 Å². The second-order valence-corrected chi connectivity index (χ2v) is 4.78. The predicted octanol–water partition coefficient (Wildman–Crippen LogP) is 2.40. The Morgan fingerprint density at radius 3 is 3.00 bits per heavy atom. The lowest BCUT2D eigenvalue weighted by Crippen LogP contribution is -2.36. The number of amides is 1. The van der Waals surface area contributed by atoms with Crippen molar-refractivity contribution in [1.82, 2.24) is 15.3 Å². The highest BCUT2D eigenvalue weighted by molar-refractivity contribution is 5.67. The first-order chi connectivity index (χ1) is 8.84. The van der Waals surface area contributed by atoms with E-state index in [1.807, 2.05) is 6.20 Å². The third kappa shape index (κ3) is 4.39. The van der Waals surface area contributed by atoms with E-state index in [1.165, 1.54) is 19.3 Å². The van der Waals surface area contributed by atoms with Crippen LogP contribution in [-0.2, 0) is 11.2 Å². The van der Waals surface area contributed by atoms with E-state index >= 15 is 0 Å². The summed E-state index contributed by atoms with van der Waals surface area (Å²) in [4.78, 5) is 18.5. The molecule has 0 aromatic carbocycles. The minimum absolute atomic E-state index is 0.274. The number of aryl methyl sites for hydroxylation is 1. The topological polar surface area (TPSA) is 67.0 Å². The van der Waals surface area contributed by atoms with Crippen molar-refractivity contribution in [2.24, 2.45) is 0 Å². The summed E-state index contributed by atoms with van der Waals surface area (Å²) < 4.78 is 5.16. The first kappa shape index (κ1) is 12.9. The fraction of sp³-hybridized carbons (Fsp3) is 0.692. The zero-order valence-corrected chi connectivity index (χ0v) is 10.7. The number of carbonyl (C=O) groups is 1. The molecule has 2 rings (SSSR count). The highest BCUT2D eigenvalue weighted by Gasteiger charge is 2.15. The molecule has 0 bridgehead atoms. The highest BCUT2D eigenvalue weighted by Crippen LogP contribution is 2.17. The van der Waals surface area contributed by atoms with Crippen LogP contribution in [0.5, 0.6) is 0 Å². The van der Waals surface area contributed by atoms with Crippen molar-refractivity contribution in [3.8, 4) is 0 Å². The molecular weight excluding hydrogens is 230 g/mol. The molecule has 5 nitrogen and oxygen atoms in total. The lowest BCUT2D eigenvalue weighted by Gasteiger charge is -2.22. The molecule has 1 aliphatic carbocycles. The monoisotopic (exact) mass is 251 g/mol. The Kier molecular flexibility index (Phi) is 5.05. The Balaban J connectivity index is 1.54. The molecule has 1 aromatic rings. The standard InChI is InChI=1S/C13H21N3O2/c17-13(16-11-5-2-1-3-6-11)18-8-4-7-12-9-14-10-15-12/h9-11H,1-8H2,(H,14,15)(H,16,17). The lowest BCUT2D eigenvalue weighted by atomic mass is 9.96. The molecule has 1 saturated carbocycles. The largest absolute Gasteiger partial charge is 0.450 e. The summed E-state index contributed by atoms with van der Waals surface area (Å²) in [6, 6.07) is 0.317. The van der Waals surface area contributed by atoms with E-state index in [1.54, 1.807) is 6.33 Å². The average Bonchev–Trinajstić information content (AvgIpc) is 2.89. The molecule has 0 saturated heterocycles. The number of rotatable bonds is 5. The van der Waals surface area contributed by atoms with Crippen molar-refractivity contribution < 1.29 is 9.53 Å². The predicted molar refractivity (Wildman–Crippen MR) is 68.3 cm³/mol. The first-order valence-electron chi connectivity index (χ1n) is 6.75. The van der Waals surface area contributed by atoms with Gasteiger partial charge in [-0.05, 0) is 25.7 Å². The molecule has 2 N–H and O–H groups in total. The fourth-order valence-electron chi connectivity index (χ4n) is 2.30. The van der Waals surface area contributed by atoms with Gasteiger partial charge in [0.25, 0.3) is 0 Å². The Bertz CT molecular complexity index is 345. The summed E-state index contributed by atoms with van der Waals surface area (Å²) in [5.41, 5.74) is 1.01. The van der Waals surface area contributed by atoms with Crippen LogP contribution in [0, 0.1) is 0 Å². The molecular formula is C13H21N3O2. The van der Waals surface area contributed by atoms with Crippen LogP contribution < -0.4 is 5.32 Å². The molecule has 0 unspecified atom stereocenters. The first-order valence-corrected chi connectivity index (χ1v) is 6.75. The summed E-state index contributed by atoms with van der Waals surface area (Å²) >= 11 is 0. The van der Waals surface area contributed by atoms with Gasteiger partial charge in [0.1, 0.15) is 0 Å². The summed E-state index contributed by atoms with van der Waals surface area (Å²) in [6.07, 6.45) is 10.8. The minimum Gasteiger partial charge on any atom is -0.450 e. The molecule has 0 aliphatic heterocycles. The summed E-state index contributed by atoms with van der Waals surface area (Å²) in [6.45, 7) is 0.450. The number of hydrogen-bond acceptors (Lipinski definition) is 3. The number of hydrogen-bond donors (Lipinski definition) is 2. The number of imidazole rings is 1. The maximum absolute atomic E-state index is 11.5. The van der Waals surface area contributed by atoms with Crippen LogP contribution >= 0.6 is 0 Å². The SMILES string of the molecule is O=C(NC1CCCCC1)OCCCc1c[nH]cn1. The average molecular weight is 251 g/mol. The second-order valence-electron chi connectivity index (χ2n) is 4.78. The third-order valence-electron chi connectivity index (χ3n) is 3.29. The van der Waals surface area contributed by atoms with E-state index in [0.29, 0.717) is 12.6 Å². The van der Waals surface area contributed by atoms with Crippen LogP contribution in [0.2, 0.25) is 0 Å². The van der Waals surface area contributed by atoms with E-state index < -0.39 is 0 Å². The van der Waals surface area contributed by atoms with Crippen molar-refractivity contribution in [3.63, 3.8) is 0 Å². The van der Waals surface area contributed by atoms with Gasteiger partial charge < -0.3 is 15.0 Å². The van der Waals surface area contributed by atoms with Crippen molar-refractivity contribution in [1.29, 1.82) is 0 Å². The fourth-order valence-corrected chi connectivity index (χ4v) is 2.30. The van der Waals surface area contributed by atoms with Gasteiger partial charge in [-0.2, -0.15) is 0 Å². The Morgan fingerprint density at radius 1 is 1.44 bits per heavy atom. The van der Waals surface area contributed by atoms with E-state index in [2.05, 4.69) is 15.3 Å². The Morgan fingerprint density at radius 2 is 2.28 bits per heavy atom. The van der Waals surface area contributed by atoms with Gasteiger partial charge in [-0.25, -0.2) is 9.78 Å². The molecule has 1 amide bonds. The molecule has 100 valence electrons. The van der Waals surface area contributed by atoms with Gasteiger partial charge >= 0.3 is 6.09 Å². The Hall–Kier alpha value is -1.52. The molecule has 0 radical (unpaired) electrons. The zero-order valence-electron chi connectivity index (χ0n) is 10.7. The minimum atomic E-state index is -0.274. The molecule has 5 heteroatoms. The van der Waals surface area contributed by atoms with Crippen LogP contribution in [0.15, 0.2) is 12.5 Å². The quantitative estimate of drug-likeness (QED) is 0.790. The van der Waals surface area contributed by atoms with E-state index in [0.717, 1.165) is 31.4 Å². The van der Waals surface area contributed by atoms with Gasteiger partial charge in [-0.3, -0.25) is 0 Å². The number of aromatic nitrogens is 2. The molecule has 0 atom stereocenters. The molecule has 1 heterocycles. The maximum Gasteiger partial charge on any atom is 0.407 e. The molecule has 1 aliphatic rings. The molecule has 1 fully saturated rings. The van der Waals surface area contributed by atoms with Gasteiger partial charge in [0, 0.05) is 12.2 Å². The van der Waals surface area contributed by atoms with Crippen LogP contribution in [0.25, 0.3) is 0 Å². The number of ether oxygens (including phenoxy) is 1. The number of aromatic amines is 1. The van der Waals surface area contributed by atoms with Gasteiger partial charge in [0.15, 0.2) is 0 Å². The summed E-state index contributed by atoms with van der Waals surface area (Å²) in [5, 5.41) is 2.93. The van der Waals surface area contributed by atoms with Crippen LogP contribution in [0.1, 0.15) is 44.2 Å². The highest BCUT2D eigenvalue weighted by atomic mass is 16.5. The molecule has 18 heavy (non-hydrogen) atoms. The van der Waals surface area contributed by atoms with Crippen LogP contribution in [0.3, 0.4) is 0 Å². The second kappa shape index (κ2) is 7.03. The van der Waals surface area contributed by atoms with Gasteiger partial charge in [-0.15, -0.1) is 0 Å². The van der Waals surface area contributed by atoms with Crippen LogP contribution in [-0.4, -0.2) is 28.7 Å².